The number of aryl methyl sites for hydroxylation is 1. The molecule has 1 aliphatic carbocycles. The first-order chi connectivity index (χ1) is 15.6. The lowest BCUT2D eigenvalue weighted by Crippen LogP contribution is -2.41. The van der Waals surface area contributed by atoms with Gasteiger partial charge in [0.1, 0.15) is 5.82 Å². The molecule has 33 heavy (non-hydrogen) atoms. The van der Waals surface area contributed by atoms with Crippen LogP contribution in [0.3, 0.4) is 0 Å². The van der Waals surface area contributed by atoms with Gasteiger partial charge in [0.2, 0.25) is 5.91 Å². The van der Waals surface area contributed by atoms with E-state index < -0.39 is 11.8 Å². The average Bonchev–Trinajstić information content (AvgIpc) is 2.73. The van der Waals surface area contributed by atoms with Crippen LogP contribution in [0.4, 0.5) is 5.82 Å². The largest absolute Gasteiger partial charge is 0.504 e. The first kappa shape index (κ1) is 22.7. The summed E-state index contributed by atoms with van der Waals surface area (Å²) in [5.41, 5.74) is 3.46. The van der Waals surface area contributed by atoms with Crippen molar-refractivity contribution in [2.45, 2.75) is 46.5 Å². The molecule has 1 aliphatic heterocycles. The topological polar surface area (TPSA) is 101 Å². The SMILES string of the molecule is COc1cc([C@H]2C3=C(CC(C)(C)CC3=O)N=C(C)C2C(=O)Nc2ccc(C)cn2)ccc1O. The van der Waals surface area contributed by atoms with Crippen molar-refractivity contribution in [3.05, 3.63) is 58.9 Å². The number of carbonyl (C=O) groups is 2. The van der Waals surface area contributed by atoms with Crippen molar-refractivity contribution in [2.75, 3.05) is 12.4 Å². The van der Waals surface area contributed by atoms with E-state index in [2.05, 4.69) is 24.1 Å². The molecule has 0 radical (unpaired) electrons. The number of amides is 1. The number of nitrogens with zero attached hydrogens (tertiary/aromatic N) is 2. The van der Waals surface area contributed by atoms with Crippen LogP contribution in [0, 0.1) is 18.3 Å². The molecule has 1 aromatic heterocycles. The number of allylic oxidation sites excluding steroid dienone is 2. The van der Waals surface area contributed by atoms with Crippen LogP contribution >= 0.6 is 0 Å². The molecule has 2 aromatic rings. The van der Waals surface area contributed by atoms with E-state index in [4.69, 9.17) is 9.73 Å². The number of carbonyl (C=O) groups excluding carboxylic acids is 2. The predicted molar refractivity (Wildman–Crippen MR) is 127 cm³/mol. The molecule has 0 saturated carbocycles. The molecular formula is C26H29N3O4. The van der Waals surface area contributed by atoms with Crippen molar-refractivity contribution in [3.63, 3.8) is 0 Å². The number of aliphatic imine (C=N–C) groups is 1. The third-order valence-corrected chi connectivity index (χ3v) is 6.31. The van der Waals surface area contributed by atoms with Crippen molar-refractivity contribution in [1.29, 1.82) is 0 Å². The number of aromatic nitrogens is 1. The van der Waals surface area contributed by atoms with Gasteiger partial charge in [-0.3, -0.25) is 14.6 Å². The highest BCUT2D eigenvalue weighted by atomic mass is 16.5. The Morgan fingerprint density at radius 2 is 1.94 bits per heavy atom. The van der Waals surface area contributed by atoms with Gasteiger partial charge in [-0.15, -0.1) is 0 Å². The zero-order valence-corrected chi connectivity index (χ0v) is 19.6. The van der Waals surface area contributed by atoms with Crippen LogP contribution in [0.5, 0.6) is 11.5 Å². The van der Waals surface area contributed by atoms with Gasteiger partial charge in [-0.1, -0.05) is 26.0 Å². The Bertz CT molecular complexity index is 1180. The molecule has 172 valence electrons. The summed E-state index contributed by atoms with van der Waals surface area (Å²) < 4.78 is 5.31. The number of methoxy groups -OCH3 is 1. The number of benzene rings is 1. The fraction of sp³-hybridized carbons (Fsp3) is 0.385. The number of anilines is 1. The summed E-state index contributed by atoms with van der Waals surface area (Å²) in [5.74, 6) is -0.798. The minimum atomic E-state index is -0.703. The van der Waals surface area contributed by atoms with Gasteiger partial charge in [0.25, 0.3) is 0 Å². The number of ether oxygens (including phenoxy) is 1. The second-order valence-electron chi connectivity index (χ2n) is 9.65. The van der Waals surface area contributed by atoms with Crippen LogP contribution in [-0.4, -0.2) is 34.6 Å². The molecule has 7 nitrogen and oxygen atoms in total. The lowest BCUT2D eigenvalue weighted by Gasteiger charge is -2.39. The Morgan fingerprint density at radius 3 is 2.61 bits per heavy atom. The Kier molecular flexibility index (Phi) is 5.82. The van der Waals surface area contributed by atoms with Gasteiger partial charge in [-0.25, -0.2) is 4.98 Å². The Balaban J connectivity index is 1.82. The van der Waals surface area contributed by atoms with E-state index in [0.717, 1.165) is 16.8 Å². The van der Waals surface area contributed by atoms with Gasteiger partial charge in [0.15, 0.2) is 17.3 Å². The summed E-state index contributed by atoms with van der Waals surface area (Å²) in [6, 6.07) is 8.59. The van der Waals surface area contributed by atoms with E-state index in [-0.39, 0.29) is 28.6 Å². The van der Waals surface area contributed by atoms with Crippen LogP contribution < -0.4 is 10.1 Å². The maximum atomic E-state index is 13.5. The molecule has 2 N–H and O–H groups in total. The number of phenolic OH excluding ortho intramolecular Hbond substituents is 1. The number of nitrogens with one attached hydrogen (secondary N) is 1. The number of rotatable bonds is 4. The molecule has 2 aliphatic rings. The molecular weight excluding hydrogens is 418 g/mol. The minimum Gasteiger partial charge on any atom is -0.504 e. The molecule has 1 amide bonds. The van der Waals surface area contributed by atoms with Crippen LogP contribution in [0.2, 0.25) is 0 Å². The Hall–Kier alpha value is -3.48. The molecule has 4 rings (SSSR count). The van der Waals surface area contributed by atoms with Gasteiger partial charge >= 0.3 is 0 Å². The number of Topliss-reactive ketones (excluding diaryl/α,β-unsaturated/α-hetero) is 1. The maximum Gasteiger partial charge on any atom is 0.235 e. The number of ketones is 1. The highest BCUT2D eigenvalue weighted by Crippen LogP contribution is 2.48. The van der Waals surface area contributed by atoms with Crippen molar-refractivity contribution in [2.24, 2.45) is 16.3 Å². The van der Waals surface area contributed by atoms with Crippen LogP contribution in [0.25, 0.3) is 0 Å². The maximum absolute atomic E-state index is 13.5. The van der Waals surface area contributed by atoms with Crippen molar-refractivity contribution in [3.8, 4) is 11.5 Å². The predicted octanol–water partition coefficient (Wildman–Crippen LogP) is 4.56. The van der Waals surface area contributed by atoms with Gasteiger partial charge < -0.3 is 15.2 Å². The normalized spacial score (nSPS) is 21.8. The average molecular weight is 448 g/mol. The molecule has 1 aromatic carbocycles. The van der Waals surface area contributed by atoms with E-state index in [1.165, 1.54) is 13.2 Å². The zero-order chi connectivity index (χ0) is 23.9. The number of hydrogen-bond donors (Lipinski definition) is 2. The fourth-order valence-corrected chi connectivity index (χ4v) is 4.78. The number of hydrogen-bond acceptors (Lipinski definition) is 6. The molecule has 0 spiro atoms. The van der Waals surface area contributed by atoms with Gasteiger partial charge in [0.05, 0.1) is 13.0 Å². The fourth-order valence-electron chi connectivity index (χ4n) is 4.78. The lowest BCUT2D eigenvalue weighted by atomic mass is 9.66. The smallest absolute Gasteiger partial charge is 0.235 e. The summed E-state index contributed by atoms with van der Waals surface area (Å²) in [6.07, 6.45) is 2.73. The molecule has 0 fully saturated rings. The highest BCUT2D eigenvalue weighted by Gasteiger charge is 2.45. The molecule has 1 unspecified atom stereocenters. The second kappa shape index (κ2) is 8.46. The third kappa shape index (κ3) is 4.40. The van der Waals surface area contributed by atoms with Gasteiger partial charge in [-0.05, 0) is 55.0 Å². The monoisotopic (exact) mass is 447 g/mol. The van der Waals surface area contributed by atoms with Crippen LogP contribution in [0.1, 0.15) is 50.7 Å². The minimum absolute atomic E-state index is 0.000743. The summed E-state index contributed by atoms with van der Waals surface area (Å²) in [4.78, 5) is 35.9. The summed E-state index contributed by atoms with van der Waals surface area (Å²) in [7, 11) is 1.47. The van der Waals surface area contributed by atoms with E-state index in [9.17, 15) is 14.7 Å². The summed E-state index contributed by atoms with van der Waals surface area (Å²) >= 11 is 0. The van der Waals surface area contributed by atoms with E-state index in [1.54, 1.807) is 24.4 Å². The van der Waals surface area contributed by atoms with Crippen molar-refractivity contribution >= 4 is 23.2 Å². The standard InChI is InChI=1S/C26H29N3O4/c1-14-6-9-21(27-13-14)29-25(32)22-15(2)28-17-11-26(3,4)12-19(31)24(17)23(22)16-7-8-18(30)20(10-16)33-5/h6-10,13,22-23,30H,11-12H2,1-5H3,(H,27,29,32)/t22?,23-/m1/s1. The van der Waals surface area contributed by atoms with Crippen molar-refractivity contribution < 1.29 is 19.4 Å². The highest BCUT2D eigenvalue weighted by molar-refractivity contribution is 6.13. The Morgan fingerprint density at radius 1 is 1.18 bits per heavy atom. The molecule has 2 heterocycles. The van der Waals surface area contributed by atoms with E-state index in [0.29, 0.717) is 29.9 Å². The zero-order valence-electron chi connectivity index (χ0n) is 19.6. The quantitative estimate of drug-likeness (QED) is 0.716. The van der Waals surface area contributed by atoms with Crippen molar-refractivity contribution in [1.82, 2.24) is 4.98 Å². The number of phenols is 1. The number of pyridine rings is 1. The molecule has 7 heteroatoms. The first-order valence-electron chi connectivity index (χ1n) is 11.0. The van der Waals surface area contributed by atoms with Gasteiger partial charge in [0, 0.05) is 35.5 Å². The Labute approximate surface area is 193 Å². The number of aromatic hydroxyl groups is 1. The first-order valence-corrected chi connectivity index (χ1v) is 11.0. The summed E-state index contributed by atoms with van der Waals surface area (Å²) in [5, 5.41) is 13.0. The van der Waals surface area contributed by atoms with E-state index in [1.807, 2.05) is 19.9 Å². The molecule has 0 bridgehead atoms. The molecule has 0 saturated heterocycles. The summed E-state index contributed by atoms with van der Waals surface area (Å²) in [6.45, 7) is 7.86. The second-order valence-corrected chi connectivity index (χ2v) is 9.65. The lowest BCUT2D eigenvalue weighted by molar-refractivity contribution is -0.119. The van der Waals surface area contributed by atoms with Crippen LogP contribution in [-0.2, 0) is 9.59 Å². The third-order valence-electron chi connectivity index (χ3n) is 6.31. The van der Waals surface area contributed by atoms with Crippen LogP contribution in [0.15, 0.2) is 52.8 Å². The van der Waals surface area contributed by atoms with Gasteiger partial charge in [-0.2, -0.15) is 0 Å². The molecule has 2 atom stereocenters. The van der Waals surface area contributed by atoms with E-state index >= 15 is 0 Å².